The summed E-state index contributed by atoms with van der Waals surface area (Å²) in [6.07, 6.45) is 1.33. The average Bonchev–Trinajstić information content (AvgIpc) is 1.82. The molecule has 1 aliphatic rings. The van der Waals surface area contributed by atoms with E-state index in [9.17, 15) is 4.79 Å². The fourth-order valence-corrected chi connectivity index (χ4v) is 2.05. The molecule has 1 rings (SSSR count). The number of carbonyl (C=O) groups excluding carboxylic acids is 1. The molecule has 1 aliphatic heterocycles. The van der Waals surface area contributed by atoms with Crippen LogP contribution in [-0.2, 0) is 4.79 Å². The van der Waals surface area contributed by atoms with Gasteiger partial charge in [0.15, 0.2) is 0 Å². The molecule has 0 amide bonds. The van der Waals surface area contributed by atoms with Crippen molar-refractivity contribution in [3.8, 4) is 0 Å². The molecular weight excluding hydrogens is 162 g/mol. The van der Waals surface area contributed by atoms with E-state index < -0.39 is 0 Å². The normalized spacial score (nSPS) is 24.6. The highest BCUT2D eigenvalue weighted by Crippen LogP contribution is 2.25. The van der Waals surface area contributed by atoms with Gasteiger partial charge < -0.3 is 5.32 Å². The molecule has 0 spiro atoms. The van der Waals surface area contributed by atoms with Crippen LogP contribution < -0.4 is 5.32 Å². The van der Waals surface area contributed by atoms with Gasteiger partial charge in [-0.1, -0.05) is 13.8 Å². The lowest BCUT2D eigenvalue weighted by Gasteiger charge is -2.41. The molecule has 0 bridgehead atoms. The van der Waals surface area contributed by atoms with Gasteiger partial charge in [-0.15, -0.1) is 0 Å². The SMILES string of the molecule is CC.CC1(C)CC(=O)CC(C)(C)N1. The second kappa shape index (κ2) is 4.23. The maximum atomic E-state index is 11.3. The Bertz CT molecular complexity index is 165. The maximum absolute atomic E-state index is 11.3. The number of carbonyl (C=O) groups is 1. The Morgan fingerprint density at radius 1 is 1.00 bits per heavy atom. The Hall–Kier alpha value is -0.370. The van der Waals surface area contributed by atoms with Gasteiger partial charge in [-0.05, 0) is 27.7 Å². The molecule has 1 saturated heterocycles. The van der Waals surface area contributed by atoms with E-state index in [-0.39, 0.29) is 11.1 Å². The fraction of sp³-hybridized carbons (Fsp3) is 0.909. The van der Waals surface area contributed by atoms with Gasteiger partial charge in [-0.25, -0.2) is 0 Å². The van der Waals surface area contributed by atoms with Crippen LogP contribution in [0.3, 0.4) is 0 Å². The smallest absolute Gasteiger partial charge is 0.136 e. The Balaban J connectivity index is 0.000000671. The molecule has 0 saturated carbocycles. The number of piperidine rings is 1. The zero-order valence-electron chi connectivity index (χ0n) is 9.82. The zero-order chi connectivity index (χ0) is 10.7. The van der Waals surface area contributed by atoms with Gasteiger partial charge in [0.1, 0.15) is 5.78 Å². The topological polar surface area (TPSA) is 29.1 Å². The molecule has 2 heteroatoms. The van der Waals surface area contributed by atoms with E-state index >= 15 is 0 Å². The summed E-state index contributed by atoms with van der Waals surface area (Å²) in [6.45, 7) is 12.3. The van der Waals surface area contributed by atoms with Gasteiger partial charge >= 0.3 is 0 Å². The van der Waals surface area contributed by atoms with Crippen molar-refractivity contribution in [1.29, 1.82) is 0 Å². The minimum absolute atomic E-state index is 0.0150. The summed E-state index contributed by atoms with van der Waals surface area (Å²) in [5, 5.41) is 3.44. The summed E-state index contributed by atoms with van der Waals surface area (Å²) in [5.41, 5.74) is -0.0301. The van der Waals surface area contributed by atoms with Crippen LogP contribution in [0.4, 0.5) is 0 Å². The van der Waals surface area contributed by atoms with Gasteiger partial charge in [0.25, 0.3) is 0 Å². The molecule has 0 radical (unpaired) electrons. The highest BCUT2D eigenvalue weighted by atomic mass is 16.1. The summed E-state index contributed by atoms with van der Waals surface area (Å²) in [6, 6.07) is 0. The summed E-state index contributed by atoms with van der Waals surface area (Å²) < 4.78 is 0. The van der Waals surface area contributed by atoms with Crippen LogP contribution in [0.25, 0.3) is 0 Å². The fourth-order valence-electron chi connectivity index (χ4n) is 2.05. The van der Waals surface area contributed by atoms with Crippen LogP contribution in [0.1, 0.15) is 54.4 Å². The van der Waals surface area contributed by atoms with Crippen LogP contribution >= 0.6 is 0 Å². The minimum Gasteiger partial charge on any atom is -0.306 e. The Morgan fingerprint density at radius 3 is 1.54 bits per heavy atom. The Labute approximate surface area is 82.1 Å². The van der Waals surface area contributed by atoms with Crippen molar-refractivity contribution in [3.05, 3.63) is 0 Å². The Morgan fingerprint density at radius 2 is 1.31 bits per heavy atom. The third kappa shape index (κ3) is 4.41. The first-order valence-electron chi connectivity index (χ1n) is 5.12. The lowest BCUT2D eigenvalue weighted by Crippen LogP contribution is -2.58. The van der Waals surface area contributed by atoms with Crippen molar-refractivity contribution in [2.24, 2.45) is 0 Å². The number of hydrogen-bond acceptors (Lipinski definition) is 2. The summed E-state index contributed by atoms with van der Waals surface area (Å²) in [4.78, 5) is 11.3. The van der Waals surface area contributed by atoms with Crippen LogP contribution in [0.15, 0.2) is 0 Å². The predicted molar refractivity (Wildman–Crippen MR) is 56.9 cm³/mol. The highest BCUT2D eigenvalue weighted by molar-refractivity contribution is 5.81. The average molecular weight is 185 g/mol. The molecule has 0 aromatic rings. The van der Waals surface area contributed by atoms with Gasteiger partial charge in [-0.3, -0.25) is 4.79 Å². The molecule has 1 N–H and O–H groups in total. The molecule has 1 fully saturated rings. The van der Waals surface area contributed by atoms with E-state index in [1.54, 1.807) is 0 Å². The minimum atomic E-state index is -0.0150. The van der Waals surface area contributed by atoms with Gasteiger partial charge in [0, 0.05) is 23.9 Å². The van der Waals surface area contributed by atoms with Gasteiger partial charge in [-0.2, -0.15) is 0 Å². The molecule has 0 aliphatic carbocycles. The molecule has 78 valence electrons. The molecular formula is C11H23NO. The van der Waals surface area contributed by atoms with Gasteiger partial charge in [0.05, 0.1) is 0 Å². The molecule has 0 aromatic carbocycles. The third-order valence-corrected chi connectivity index (χ3v) is 1.95. The quantitative estimate of drug-likeness (QED) is 0.628. The number of nitrogens with one attached hydrogen (secondary N) is 1. The molecule has 0 aromatic heterocycles. The lowest BCUT2D eigenvalue weighted by molar-refractivity contribution is -0.124. The van der Waals surface area contributed by atoms with E-state index in [0.29, 0.717) is 18.6 Å². The largest absolute Gasteiger partial charge is 0.306 e. The van der Waals surface area contributed by atoms with Crippen LogP contribution in [0.2, 0.25) is 0 Å². The maximum Gasteiger partial charge on any atom is 0.136 e. The van der Waals surface area contributed by atoms with Crippen molar-refractivity contribution in [1.82, 2.24) is 5.32 Å². The number of ketones is 1. The van der Waals surface area contributed by atoms with Crippen molar-refractivity contribution in [2.75, 3.05) is 0 Å². The molecule has 0 atom stereocenters. The van der Waals surface area contributed by atoms with E-state index in [1.165, 1.54) is 0 Å². The second-order valence-electron chi connectivity index (χ2n) is 4.78. The summed E-state index contributed by atoms with van der Waals surface area (Å²) in [7, 11) is 0. The molecule has 2 nitrogen and oxygen atoms in total. The number of Topliss-reactive ketones (excluding diaryl/α,β-unsaturated/α-hetero) is 1. The second-order valence-corrected chi connectivity index (χ2v) is 4.78. The monoisotopic (exact) mass is 185 g/mol. The zero-order valence-corrected chi connectivity index (χ0v) is 9.82. The predicted octanol–water partition coefficient (Wildman–Crippen LogP) is 2.52. The third-order valence-electron chi connectivity index (χ3n) is 1.95. The van der Waals surface area contributed by atoms with Crippen LogP contribution in [-0.4, -0.2) is 16.9 Å². The standard InChI is InChI=1S/C9H17NO.C2H6/c1-8(2)5-7(11)6-9(3,4)10-8;1-2/h10H,5-6H2,1-4H3;1-2H3. The van der Waals surface area contributed by atoms with Crippen molar-refractivity contribution < 1.29 is 4.79 Å². The number of rotatable bonds is 0. The van der Waals surface area contributed by atoms with E-state index in [1.807, 2.05) is 13.8 Å². The Kier molecular flexibility index (Phi) is 4.11. The molecule has 0 unspecified atom stereocenters. The van der Waals surface area contributed by atoms with E-state index in [2.05, 4.69) is 33.0 Å². The van der Waals surface area contributed by atoms with Crippen molar-refractivity contribution in [3.63, 3.8) is 0 Å². The van der Waals surface area contributed by atoms with Crippen molar-refractivity contribution >= 4 is 5.78 Å². The van der Waals surface area contributed by atoms with E-state index in [4.69, 9.17) is 0 Å². The van der Waals surface area contributed by atoms with Crippen molar-refractivity contribution in [2.45, 2.75) is 65.5 Å². The van der Waals surface area contributed by atoms with Gasteiger partial charge in [0.2, 0.25) is 0 Å². The summed E-state index contributed by atoms with van der Waals surface area (Å²) >= 11 is 0. The highest BCUT2D eigenvalue weighted by Gasteiger charge is 2.36. The van der Waals surface area contributed by atoms with Crippen LogP contribution in [0.5, 0.6) is 0 Å². The number of hydrogen-bond donors (Lipinski definition) is 1. The first-order chi connectivity index (χ1) is 5.81. The molecule has 1 heterocycles. The first kappa shape index (κ1) is 12.6. The van der Waals surface area contributed by atoms with Crippen LogP contribution in [0, 0.1) is 0 Å². The first-order valence-corrected chi connectivity index (χ1v) is 5.12. The van der Waals surface area contributed by atoms with E-state index in [0.717, 1.165) is 0 Å². The molecule has 13 heavy (non-hydrogen) atoms. The lowest BCUT2D eigenvalue weighted by atomic mass is 9.82. The summed E-state index contributed by atoms with van der Waals surface area (Å²) in [5.74, 6) is 0.374.